The van der Waals surface area contributed by atoms with Crippen LogP contribution >= 0.6 is 27.5 Å². The standard InChI is InChI=1S/C10H9BrClFN4O2S/c1-17-4-8(10(14)15-17)20(18,19)16-9-6(11)2-5(13)3-7(9)12/h2-4,16H,1H3,(H2,14,15). The Labute approximate surface area is 127 Å². The molecule has 2 rings (SSSR count). The van der Waals surface area contributed by atoms with Crippen LogP contribution in [0, 0.1) is 5.82 Å². The number of aryl methyl sites for hydroxylation is 1. The molecule has 0 amide bonds. The molecule has 0 unspecified atom stereocenters. The fraction of sp³-hybridized carbons (Fsp3) is 0.100. The number of rotatable bonds is 3. The Balaban J connectivity index is 2.46. The molecule has 108 valence electrons. The van der Waals surface area contributed by atoms with E-state index in [0.717, 1.165) is 12.1 Å². The molecule has 0 bridgehead atoms. The van der Waals surface area contributed by atoms with Gasteiger partial charge in [0.1, 0.15) is 10.7 Å². The van der Waals surface area contributed by atoms with E-state index >= 15 is 0 Å². The number of aromatic nitrogens is 2. The molecule has 2 aromatic rings. The van der Waals surface area contributed by atoms with Gasteiger partial charge in [-0.15, -0.1) is 0 Å². The fourth-order valence-electron chi connectivity index (χ4n) is 1.52. The third kappa shape index (κ3) is 2.89. The van der Waals surface area contributed by atoms with Crippen molar-refractivity contribution in [2.45, 2.75) is 4.90 Å². The minimum Gasteiger partial charge on any atom is -0.381 e. The Bertz CT molecular complexity index is 755. The lowest BCUT2D eigenvalue weighted by Gasteiger charge is -2.10. The maximum atomic E-state index is 13.1. The highest BCUT2D eigenvalue weighted by atomic mass is 79.9. The van der Waals surface area contributed by atoms with Crippen molar-refractivity contribution < 1.29 is 12.8 Å². The molecule has 0 radical (unpaired) electrons. The highest BCUT2D eigenvalue weighted by Gasteiger charge is 2.23. The van der Waals surface area contributed by atoms with Crippen LogP contribution in [0.15, 0.2) is 27.7 Å². The monoisotopic (exact) mass is 382 g/mol. The molecular formula is C10H9BrClFN4O2S. The molecular weight excluding hydrogens is 375 g/mol. The maximum absolute atomic E-state index is 13.1. The van der Waals surface area contributed by atoms with Gasteiger partial charge < -0.3 is 5.73 Å². The summed E-state index contributed by atoms with van der Waals surface area (Å²) in [4.78, 5) is -0.188. The van der Waals surface area contributed by atoms with Crippen LogP contribution in [0.2, 0.25) is 5.02 Å². The summed E-state index contributed by atoms with van der Waals surface area (Å²) in [5.41, 5.74) is 5.55. The summed E-state index contributed by atoms with van der Waals surface area (Å²) >= 11 is 8.87. The van der Waals surface area contributed by atoms with Crippen LogP contribution in [0.5, 0.6) is 0 Å². The summed E-state index contributed by atoms with van der Waals surface area (Å²) in [5, 5.41) is 3.67. The zero-order valence-corrected chi connectivity index (χ0v) is 13.2. The molecule has 0 saturated heterocycles. The third-order valence-corrected chi connectivity index (χ3v) is 4.64. The molecule has 10 heteroatoms. The third-order valence-electron chi connectivity index (χ3n) is 2.35. The Morgan fingerprint density at radius 3 is 2.65 bits per heavy atom. The summed E-state index contributed by atoms with van der Waals surface area (Å²) in [5.74, 6) is -0.736. The lowest BCUT2D eigenvalue weighted by molar-refractivity contribution is 0.601. The predicted octanol–water partition coefficient (Wildman–Crippen LogP) is 2.36. The number of benzene rings is 1. The fourth-order valence-corrected chi connectivity index (χ4v) is 3.81. The SMILES string of the molecule is Cn1cc(S(=O)(=O)Nc2c(Cl)cc(F)cc2Br)c(N)n1. The topological polar surface area (TPSA) is 90.0 Å². The summed E-state index contributed by atoms with van der Waals surface area (Å²) in [7, 11) is -2.44. The number of sulfonamides is 1. The van der Waals surface area contributed by atoms with Gasteiger partial charge in [0.25, 0.3) is 10.0 Å². The van der Waals surface area contributed by atoms with Gasteiger partial charge in [0.05, 0.1) is 10.7 Å². The van der Waals surface area contributed by atoms with Gasteiger partial charge in [-0.1, -0.05) is 11.6 Å². The van der Waals surface area contributed by atoms with Crippen molar-refractivity contribution in [2.24, 2.45) is 7.05 Å². The first-order valence-electron chi connectivity index (χ1n) is 5.17. The van der Waals surface area contributed by atoms with Crippen molar-refractivity contribution in [1.29, 1.82) is 0 Å². The second kappa shape index (κ2) is 5.23. The molecule has 0 spiro atoms. The van der Waals surface area contributed by atoms with Gasteiger partial charge in [0, 0.05) is 17.7 Å². The number of nitrogen functional groups attached to an aromatic ring is 1. The molecule has 3 N–H and O–H groups in total. The second-order valence-electron chi connectivity index (χ2n) is 3.90. The van der Waals surface area contributed by atoms with Crippen molar-refractivity contribution in [1.82, 2.24) is 9.78 Å². The molecule has 1 aromatic heterocycles. The molecule has 1 aromatic carbocycles. The van der Waals surface area contributed by atoms with Crippen molar-refractivity contribution >= 4 is 49.1 Å². The zero-order chi connectivity index (χ0) is 15.1. The molecule has 0 aliphatic rings. The lowest BCUT2D eigenvalue weighted by Crippen LogP contribution is -2.14. The Kier molecular flexibility index (Phi) is 3.94. The maximum Gasteiger partial charge on any atom is 0.267 e. The molecule has 1 heterocycles. The van der Waals surface area contributed by atoms with Crippen LogP contribution < -0.4 is 10.5 Å². The minimum atomic E-state index is -3.98. The Morgan fingerprint density at radius 2 is 2.15 bits per heavy atom. The second-order valence-corrected chi connectivity index (χ2v) is 6.81. The smallest absolute Gasteiger partial charge is 0.267 e. The number of halogens is 3. The lowest BCUT2D eigenvalue weighted by atomic mass is 10.3. The van der Waals surface area contributed by atoms with Gasteiger partial charge in [0.15, 0.2) is 5.82 Å². The Hall–Kier alpha value is -1.32. The average molecular weight is 384 g/mol. The van der Waals surface area contributed by atoms with E-state index in [-0.39, 0.29) is 25.9 Å². The molecule has 6 nitrogen and oxygen atoms in total. The summed E-state index contributed by atoms with van der Waals surface area (Å²) < 4.78 is 41.2. The minimum absolute atomic E-state index is 0.0244. The highest BCUT2D eigenvalue weighted by Crippen LogP contribution is 2.33. The van der Waals surface area contributed by atoms with Crippen molar-refractivity contribution in [3.63, 3.8) is 0 Å². The molecule has 0 aliphatic heterocycles. The van der Waals surface area contributed by atoms with Gasteiger partial charge >= 0.3 is 0 Å². The van der Waals surface area contributed by atoms with E-state index in [4.69, 9.17) is 17.3 Å². The van der Waals surface area contributed by atoms with Crippen LogP contribution in [-0.4, -0.2) is 18.2 Å². The first-order valence-corrected chi connectivity index (χ1v) is 7.82. The Morgan fingerprint density at radius 1 is 1.50 bits per heavy atom. The average Bonchev–Trinajstić information content (AvgIpc) is 2.64. The largest absolute Gasteiger partial charge is 0.381 e. The molecule has 0 saturated carbocycles. The normalized spacial score (nSPS) is 11.6. The van der Waals surface area contributed by atoms with Crippen LogP contribution in [0.3, 0.4) is 0 Å². The van der Waals surface area contributed by atoms with Crippen LogP contribution in [-0.2, 0) is 17.1 Å². The first-order chi connectivity index (χ1) is 9.20. The van der Waals surface area contributed by atoms with E-state index in [2.05, 4.69) is 25.8 Å². The van der Waals surface area contributed by atoms with E-state index in [9.17, 15) is 12.8 Å². The number of anilines is 2. The summed E-state index contributed by atoms with van der Waals surface area (Å²) in [6, 6.07) is 2.09. The number of nitrogens with one attached hydrogen (secondary N) is 1. The first kappa shape index (κ1) is 15.1. The number of hydrogen-bond donors (Lipinski definition) is 2. The quantitative estimate of drug-likeness (QED) is 0.851. The van der Waals surface area contributed by atoms with Gasteiger partial charge in [0.2, 0.25) is 0 Å². The molecule has 0 aliphatic carbocycles. The van der Waals surface area contributed by atoms with Gasteiger partial charge in [-0.2, -0.15) is 5.10 Å². The summed E-state index contributed by atoms with van der Waals surface area (Å²) in [6.45, 7) is 0. The number of hydrogen-bond acceptors (Lipinski definition) is 4. The predicted molar refractivity (Wildman–Crippen MR) is 77.5 cm³/mol. The van der Waals surface area contributed by atoms with Crippen LogP contribution in [0.25, 0.3) is 0 Å². The molecule has 0 fully saturated rings. The van der Waals surface area contributed by atoms with Gasteiger partial charge in [-0.25, -0.2) is 12.8 Å². The van der Waals surface area contributed by atoms with E-state index in [1.165, 1.54) is 17.9 Å². The van der Waals surface area contributed by atoms with Crippen LogP contribution in [0.4, 0.5) is 15.9 Å². The van der Waals surface area contributed by atoms with Crippen molar-refractivity contribution in [2.75, 3.05) is 10.5 Å². The van der Waals surface area contributed by atoms with Crippen LogP contribution in [0.1, 0.15) is 0 Å². The molecule has 0 atom stereocenters. The zero-order valence-electron chi connectivity index (χ0n) is 10.1. The summed E-state index contributed by atoms with van der Waals surface area (Å²) in [6.07, 6.45) is 1.25. The molecule has 20 heavy (non-hydrogen) atoms. The van der Waals surface area contributed by atoms with E-state index < -0.39 is 15.8 Å². The van der Waals surface area contributed by atoms with E-state index in [1.807, 2.05) is 0 Å². The highest BCUT2D eigenvalue weighted by molar-refractivity contribution is 9.10. The van der Waals surface area contributed by atoms with Crippen molar-refractivity contribution in [3.05, 3.63) is 33.6 Å². The van der Waals surface area contributed by atoms with E-state index in [1.54, 1.807) is 0 Å². The van der Waals surface area contributed by atoms with Gasteiger partial charge in [-0.05, 0) is 28.1 Å². The number of nitrogens with zero attached hydrogens (tertiary/aromatic N) is 2. The number of nitrogens with two attached hydrogens (primary N) is 1. The van der Waals surface area contributed by atoms with Crippen molar-refractivity contribution in [3.8, 4) is 0 Å². The van der Waals surface area contributed by atoms with E-state index in [0.29, 0.717) is 0 Å². The van der Waals surface area contributed by atoms with Gasteiger partial charge in [-0.3, -0.25) is 9.40 Å².